The topological polar surface area (TPSA) is 53.8 Å². The first-order chi connectivity index (χ1) is 10.8. The number of aldehydes is 1. The van der Waals surface area contributed by atoms with E-state index in [9.17, 15) is 4.79 Å². The first-order valence-corrected chi connectivity index (χ1v) is 8.26. The van der Waals surface area contributed by atoms with Gasteiger partial charge in [-0.25, -0.2) is 0 Å². The lowest BCUT2D eigenvalue weighted by Crippen LogP contribution is -2.04. The normalized spacial score (nSPS) is 15.0. The highest BCUT2D eigenvalue weighted by molar-refractivity contribution is 7.99. The summed E-state index contributed by atoms with van der Waals surface area (Å²) in [6, 6.07) is 11.7. The minimum Gasteiger partial charge on any atom is -0.303 e. The smallest absolute Gasteiger partial charge is 0.120 e. The first kappa shape index (κ1) is 14.8. The van der Waals surface area contributed by atoms with Crippen molar-refractivity contribution in [2.45, 2.75) is 24.2 Å². The second kappa shape index (κ2) is 6.33. The van der Waals surface area contributed by atoms with Crippen LogP contribution in [0.5, 0.6) is 0 Å². The van der Waals surface area contributed by atoms with Crippen LogP contribution in [0.3, 0.4) is 0 Å². The van der Waals surface area contributed by atoms with Crippen LogP contribution in [0.15, 0.2) is 47.6 Å². The Kier molecular flexibility index (Phi) is 4.26. The molecule has 0 spiro atoms. The summed E-state index contributed by atoms with van der Waals surface area (Å²) in [5, 5.41) is 8.89. The van der Waals surface area contributed by atoms with Gasteiger partial charge in [0.1, 0.15) is 6.29 Å². The maximum absolute atomic E-state index is 10.8. The molecule has 22 heavy (non-hydrogen) atoms. The standard InChI is InChI=1S/C18H16N2OS/c19-11-14-1-3-15(4-2-14)16-12-20-9-5-17(16)22-13-18(6-7-18)8-10-21/h1-5,9-10,12H,6-8,13H2. The van der Waals surface area contributed by atoms with E-state index in [4.69, 9.17) is 5.26 Å². The molecule has 1 fully saturated rings. The van der Waals surface area contributed by atoms with E-state index in [1.807, 2.05) is 36.5 Å². The molecule has 110 valence electrons. The molecule has 0 radical (unpaired) electrons. The van der Waals surface area contributed by atoms with Crippen LogP contribution in [0.1, 0.15) is 24.8 Å². The summed E-state index contributed by atoms with van der Waals surface area (Å²) < 4.78 is 0. The van der Waals surface area contributed by atoms with Gasteiger partial charge in [0.2, 0.25) is 0 Å². The SMILES string of the molecule is N#Cc1ccc(-c2cnccc2SCC2(CC=O)CC2)cc1. The Labute approximate surface area is 134 Å². The van der Waals surface area contributed by atoms with E-state index in [0.717, 1.165) is 36.0 Å². The van der Waals surface area contributed by atoms with Gasteiger partial charge in [-0.1, -0.05) is 12.1 Å². The summed E-state index contributed by atoms with van der Waals surface area (Å²) in [6.07, 6.45) is 7.67. The molecule has 1 heterocycles. The molecule has 0 bridgehead atoms. The highest BCUT2D eigenvalue weighted by Crippen LogP contribution is 2.52. The molecule has 1 aromatic heterocycles. The number of nitriles is 1. The predicted molar refractivity (Wildman–Crippen MR) is 87.5 cm³/mol. The van der Waals surface area contributed by atoms with Gasteiger partial charge in [0.25, 0.3) is 0 Å². The van der Waals surface area contributed by atoms with Gasteiger partial charge in [-0.3, -0.25) is 4.98 Å². The third kappa shape index (κ3) is 3.20. The summed E-state index contributed by atoms with van der Waals surface area (Å²) in [7, 11) is 0. The van der Waals surface area contributed by atoms with E-state index in [1.54, 1.807) is 18.0 Å². The Morgan fingerprint density at radius 2 is 2.05 bits per heavy atom. The van der Waals surface area contributed by atoms with Crippen LogP contribution >= 0.6 is 11.8 Å². The fourth-order valence-electron chi connectivity index (χ4n) is 2.44. The summed E-state index contributed by atoms with van der Waals surface area (Å²) in [6.45, 7) is 0. The molecule has 1 aliphatic carbocycles. The Morgan fingerprint density at radius 3 is 2.68 bits per heavy atom. The van der Waals surface area contributed by atoms with Gasteiger partial charge in [0.15, 0.2) is 0 Å². The van der Waals surface area contributed by atoms with Crippen molar-refractivity contribution in [2.24, 2.45) is 5.41 Å². The minimum atomic E-state index is 0.220. The Bertz CT molecular complexity index is 715. The van der Waals surface area contributed by atoms with Crippen molar-refractivity contribution in [3.8, 4) is 17.2 Å². The summed E-state index contributed by atoms with van der Waals surface area (Å²) >= 11 is 1.80. The fraction of sp³-hybridized carbons (Fsp3) is 0.278. The zero-order valence-corrected chi connectivity index (χ0v) is 13.0. The Balaban J connectivity index is 1.80. The van der Waals surface area contributed by atoms with Crippen molar-refractivity contribution in [3.05, 3.63) is 48.3 Å². The van der Waals surface area contributed by atoms with Crippen molar-refractivity contribution in [1.29, 1.82) is 5.26 Å². The zero-order valence-electron chi connectivity index (χ0n) is 12.2. The average Bonchev–Trinajstić information content (AvgIpc) is 3.34. The number of carbonyl (C=O) groups excluding carboxylic acids is 1. The van der Waals surface area contributed by atoms with E-state index in [-0.39, 0.29) is 5.41 Å². The second-order valence-corrected chi connectivity index (χ2v) is 6.74. The molecule has 3 rings (SSSR count). The van der Waals surface area contributed by atoms with Crippen molar-refractivity contribution >= 4 is 18.0 Å². The number of hydrogen-bond donors (Lipinski definition) is 0. The Morgan fingerprint density at radius 1 is 1.27 bits per heavy atom. The van der Waals surface area contributed by atoms with Gasteiger partial charge in [-0.15, -0.1) is 11.8 Å². The molecule has 0 aliphatic heterocycles. The molecular formula is C18H16N2OS. The van der Waals surface area contributed by atoms with E-state index in [1.165, 1.54) is 4.90 Å². The largest absolute Gasteiger partial charge is 0.303 e. The van der Waals surface area contributed by atoms with Crippen LogP contribution in [0.2, 0.25) is 0 Å². The van der Waals surface area contributed by atoms with Crippen molar-refractivity contribution in [2.75, 3.05) is 5.75 Å². The predicted octanol–water partition coefficient (Wildman–Crippen LogP) is 4.08. The van der Waals surface area contributed by atoms with Gasteiger partial charge in [-0.2, -0.15) is 5.26 Å². The van der Waals surface area contributed by atoms with Gasteiger partial charge >= 0.3 is 0 Å². The molecule has 0 unspecified atom stereocenters. The van der Waals surface area contributed by atoms with Crippen molar-refractivity contribution < 1.29 is 4.79 Å². The number of thioether (sulfide) groups is 1. The van der Waals surface area contributed by atoms with Gasteiger partial charge in [0, 0.05) is 35.0 Å². The van der Waals surface area contributed by atoms with Gasteiger partial charge in [0.05, 0.1) is 11.6 Å². The molecular weight excluding hydrogens is 292 g/mol. The molecule has 4 heteroatoms. The van der Waals surface area contributed by atoms with Crippen molar-refractivity contribution in [1.82, 2.24) is 4.98 Å². The highest BCUT2D eigenvalue weighted by atomic mass is 32.2. The summed E-state index contributed by atoms with van der Waals surface area (Å²) in [5.74, 6) is 0.971. The number of carbonyl (C=O) groups is 1. The Hall–Kier alpha value is -2.12. The number of nitrogens with zero attached hydrogens (tertiary/aromatic N) is 2. The molecule has 0 N–H and O–H groups in total. The van der Waals surface area contributed by atoms with E-state index in [0.29, 0.717) is 12.0 Å². The number of benzene rings is 1. The van der Waals surface area contributed by atoms with Crippen LogP contribution in [0.4, 0.5) is 0 Å². The first-order valence-electron chi connectivity index (χ1n) is 7.27. The molecule has 2 aromatic rings. The number of hydrogen-bond acceptors (Lipinski definition) is 4. The summed E-state index contributed by atoms with van der Waals surface area (Å²) in [5.41, 5.74) is 3.02. The van der Waals surface area contributed by atoms with E-state index >= 15 is 0 Å². The van der Waals surface area contributed by atoms with Gasteiger partial charge in [-0.05, 0) is 42.0 Å². The molecule has 0 atom stereocenters. The lowest BCUT2D eigenvalue weighted by molar-refractivity contribution is -0.108. The fourth-order valence-corrected chi connectivity index (χ4v) is 3.79. The van der Waals surface area contributed by atoms with Crippen LogP contribution < -0.4 is 0 Å². The number of aromatic nitrogens is 1. The lowest BCUT2D eigenvalue weighted by Gasteiger charge is -2.13. The number of rotatable bonds is 6. The lowest BCUT2D eigenvalue weighted by atomic mass is 10.1. The van der Waals surface area contributed by atoms with Crippen LogP contribution in [0.25, 0.3) is 11.1 Å². The van der Waals surface area contributed by atoms with Gasteiger partial charge < -0.3 is 4.79 Å². The highest BCUT2D eigenvalue weighted by Gasteiger charge is 2.41. The monoisotopic (exact) mass is 308 g/mol. The molecule has 1 aliphatic rings. The second-order valence-electron chi connectivity index (χ2n) is 5.72. The summed E-state index contributed by atoms with van der Waals surface area (Å²) in [4.78, 5) is 16.2. The third-order valence-electron chi connectivity index (χ3n) is 4.11. The van der Waals surface area contributed by atoms with Crippen LogP contribution in [-0.4, -0.2) is 17.0 Å². The zero-order chi connectivity index (χ0) is 15.4. The van der Waals surface area contributed by atoms with E-state index < -0.39 is 0 Å². The number of pyridine rings is 1. The van der Waals surface area contributed by atoms with Crippen LogP contribution in [0, 0.1) is 16.7 Å². The molecule has 0 amide bonds. The molecule has 0 saturated heterocycles. The molecule has 1 saturated carbocycles. The molecule has 3 nitrogen and oxygen atoms in total. The quantitative estimate of drug-likeness (QED) is 0.596. The maximum atomic E-state index is 10.8. The average molecular weight is 308 g/mol. The molecule has 1 aromatic carbocycles. The van der Waals surface area contributed by atoms with E-state index in [2.05, 4.69) is 11.1 Å². The maximum Gasteiger partial charge on any atom is 0.120 e. The third-order valence-corrected chi connectivity index (χ3v) is 5.54. The minimum absolute atomic E-state index is 0.220. The van der Waals surface area contributed by atoms with Crippen molar-refractivity contribution in [3.63, 3.8) is 0 Å². The van der Waals surface area contributed by atoms with Crippen LogP contribution in [-0.2, 0) is 4.79 Å².